The Kier molecular flexibility index (Phi) is 1.48. The molecule has 2 rings (SSSR count). The Morgan fingerprint density at radius 2 is 2.33 bits per heavy atom. The van der Waals surface area contributed by atoms with Gasteiger partial charge >= 0.3 is 0 Å². The summed E-state index contributed by atoms with van der Waals surface area (Å²) in [7, 11) is 0. The number of aromatic nitrogens is 1. The average Bonchev–Trinajstić information content (AvgIpc) is 2.61. The molecule has 12 heavy (non-hydrogen) atoms. The zero-order valence-corrected chi connectivity index (χ0v) is 7.54. The molecule has 1 saturated carbocycles. The molecule has 2 nitrogen and oxygen atoms in total. The van der Waals surface area contributed by atoms with Crippen molar-refractivity contribution in [2.45, 2.75) is 25.8 Å². The van der Waals surface area contributed by atoms with Crippen molar-refractivity contribution in [1.82, 2.24) is 4.98 Å². The molecule has 2 heteroatoms. The van der Waals surface area contributed by atoms with Crippen LogP contribution in [0.3, 0.4) is 0 Å². The Labute approximate surface area is 72.8 Å². The van der Waals surface area contributed by atoms with Crippen molar-refractivity contribution in [2.24, 2.45) is 11.7 Å². The molecule has 0 aliphatic heterocycles. The smallest absolute Gasteiger partial charge is 0.0443 e. The second-order valence-corrected chi connectivity index (χ2v) is 3.84. The highest BCUT2D eigenvalue weighted by atomic mass is 14.9. The molecule has 1 aromatic rings. The summed E-state index contributed by atoms with van der Waals surface area (Å²) in [5.74, 6) is 0.624. The van der Waals surface area contributed by atoms with E-state index in [-0.39, 0.29) is 5.54 Å². The normalized spacial score (nSPS) is 33.4. The predicted molar refractivity (Wildman–Crippen MR) is 48.6 cm³/mol. The van der Waals surface area contributed by atoms with E-state index in [0.717, 1.165) is 6.42 Å². The van der Waals surface area contributed by atoms with Gasteiger partial charge in [0, 0.05) is 17.9 Å². The zero-order valence-electron chi connectivity index (χ0n) is 7.54. The first kappa shape index (κ1) is 7.74. The molecular formula is C10H14N2. The lowest BCUT2D eigenvalue weighted by molar-refractivity contribution is 0.658. The topological polar surface area (TPSA) is 38.9 Å². The second-order valence-electron chi connectivity index (χ2n) is 3.84. The molecule has 0 bridgehead atoms. The van der Waals surface area contributed by atoms with Crippen LogP contribution in [0.5, 0.6) is 0 Å². The van der Waals surface area contributed by atoms with Crippen molar-refractivity contribution in [2.75, 3.05) is 0 Å². The van der Waals surface area contributed by atoms with Gasteiger partial charge in [0.05, 0.1) is 0 Å². The van der Waals surface area contributed by atoms with Gasteiger partial charge in [-0.15, -0.1) is 0 Å². The van der Waals surface area contributed by atoms with E-state index in [0.29, 0.717) is 5.92 Å². The lowest BCUT2D eigenvalue weighted by Crippen LogP contribution is -2.22. The molecule has 1 heterocycles. The molecule has 1 aliphatic rings. The minimum Gasteiger partial charge on any atom is -0.321 e. The quantitative estimate of drug-likeness (QED) is 0.681. The van der Waals surface area contributed by atoms with Crippen molar-refractivity contribution >= 4 is 0 Å². The number of nitrogens with zero attached hydrogens (tertiary/aromatic N) is 1. The van der Waals surface area contributed by atoms with Crippen LogP contribution >= 0.6 is 0 Å². The number of aryl methyl sites for hydroxylation is 1. The fraction of sp³-hybridized carbons (Fsp3) is 0.500. The van der Waals surface area contributed by atoms with Gasteiger partial charge in [-0.1, -0.05) is 6.92 Å². The summed E-state index contributed by atoms with van der Waals surface area (Å²) in [5, 5.41) is 0. The fourth-order valence-corrected chi connectivity index (χ4v) is 1.82. The second kappa shape index (κ2) is 2.30. The molecular weight excluding hydrogens is 148 g/mol. The summed E-state index contributed by atoms with van der Waals surface area (Å²) < 4.78 is 0. The maximum Gasteiger partial charge on any atom is 0.0443 e. The lowest BCUT2D eigenvalue weighted by Gasteiger charge is -2.12. The number of nitrogens with two attached hydrogens (primary N) is 1. The Morgan fingerprint density at radius 3 is 2.83 bits per heavy atom. The maximum atomic E-state index is 6.18. The third-order valence-corrected chi connectivity index (χ3v) is 2.88. The van der Waals surface area contributed by atoms with E-state index in [1.165, 1.54) is 11.1 Å². The summed E-state index contributed by atoms with van der Waals surface area (Å²) in [6, 6.07) is 2.04. The summed E-state index contributed by atoms with van der Waals surface area (Å²) in [4.78, 5) is 4.06. The van der Waals surface area contributed by atoms with Gasteiger partial charge in [-0.05, 0) is 36.5 Å². The van der Waals surface area contributed by atoms with E-state index >= 15 is 0 Å². The van der Waals surface area contributed by atoms with Gasteiger partial charge in [0.15, 0.2) is 0 Å². The first-order valence-electron chi connectivity index (χ1n) is 4.34. The van der Waals surface area contributed by atoms with Crippen LogP contribution in [-0.4, -0.2) is 4.98 Å². The van der Waals surface area contributed by atoms with E-state index in [2.05, 4.69) is 18.8 Å². The van der Waals surface area contributed by atoms with Crippen molar-refractivity contribution in [3.8, 4) is 0 Å². The highest BCUT2D eigenvalue weighted by molar-refractivity contribution is 5.35. The number of hydrogen-bond acceptors (Lipinski definition) is 2. The van der Waals surface area contributed by atoms with Crippen molar-refractivity contribution in [3.05, 3.63) is 29.6 Å². The average molecular weight is 162 g/mol. The molecule has 0 spiro atoms. The number of hydrogen-bond donors (Lipinski definition) is 1. The van der Waals surface area contributed by atoms with Crippen LogP contribution in [0.2, 0.25) is 0 Å². The van der Waals surface area contributed by atoms with E-state index in [1.54, 1.807) is 0 Å². The monoisotopic (exact) mass is 162 g/mol. The van der Waals surface area contributed by atoms with Crippen LogP contribution in [0.15, 0.2) is 18.5 Å². The number of pyridine rings is 1. The number of rotatable bonds is 1. The summed E-state index contributed by atoms with van der Waals surface area (Å²) in [6.07, 6.45) is 4.81. The highest BCUT2D eigenvalue weighted by Gasteiger charge is 2.49. The third kappa shape index (κ3) is 0.950. The zero-order chi connectivity index (χ0) is 8.77. The van der Waals surface area contributed by atoms with E-state index < -0.39 is 0 Å². The molecule has 2 atom stereocenters. The lowest BCUT2D eigenvalue weighted by atomic mass is 10.0. The minimum absolute atomic E-state index is 0.0486. The van der Waals surface area contributed by atoms with Crippen LogP contribution in [0.25, 0.3) is 0 Å². The van der Waals surface area contributed by atoms with Crippen LogP contribution < -0.4 is 5.73 Å². The van der Waals surface area contributed by atoms with Gasteiger partial charge in [-0.2, -0.15) is 0 Å². The minimum atomic E-state index is -0.0486. The van der Waals surface area contributed by atoms with Gasteiger partial charge in [0.1, 0.15) is 0 Å². The standard InChI is InChI=1S/C10H14N2/c1-7-6-12-4-3-9(7)10(11)5-8(10)2/h3-4,6,8H,5,11H2,1-2H3. The summed E-state index contributed by atoms with van der Waals surface area (Å²) in [6.45, 7) is 4.27. The molecule has 1 aromatic heterocycles. The Balaban J connectivity index is 2.41. The van der Waals surface area contributed by atoms with E-state index in [4.69, 9.17) is 5.73 Å². The van der Waals surface area contributed by atoms with Crippen LogP contribution in [-0.2, 0) is 5.54 Å². The molecule has 1 fully saturated rings. The van der Waals surface area contributed by atoms with Gasteiger partial charge in [-0.3, -0.25) is 4.98 Å². The molecule has 2 N–H and O–H groups in total. The first-order valence-corrected chi connectivity index (χ1v) is 4.34. The molecule has 0 radical (unpaired) electrons. The summed E-state index contributed by atoms with van der Waals surface area (Å²) in [5.41, 5.74) is 8.62. The molecule has 0 saturated heterocycles. The molecule has 2 unspecified atom stereocenters. The van der Waals surface area contributed by atoms with Crippen molar-refractivity contribution in [1.29, 1.82) is 0 Å². The molecule has 1 aliphatic carbocycles. The van der Waals surface area contributed by atoms with Crippen molar-refractivity contribution in [3.63, 3.8) is 0 Å². The van der Waals surface area contributed by atoms with Gasteiger partial charge in [-0.25, -0.2) is 0 Å². The van der Waals surface area contributed by atoms with Crippen molar-refractivity contribution < 1.29 is 0 Å². The Bertz CT molecular complexity index is 308. The first-order chi connectivity index (χ1) is 5.64. The fourth-order valence-electron chi connectivity index (χ4n) is 1.82. The molecule has 64 valence electrons. The SMILES string of the molecule is Cc1cnccc1C1(N)CC1C. The largest absolute Gasteiger partial charge is 0.321 e. The maximum absolute atomic E-state index is 6.18. The molecule has 0 amide bonds. The van der Waals surface area contributed by atoms with Crippen LogP contribution in [0.1, 0.15) is 24.5 Å². The Morgan fingerprint density at radius 1 is 1.67 bits per heavy atom. The highest BCUT2D eigenvalue weighted by Crippen LogP contribution is 2.49. The predicted octanol–water partition coefficient (Wildman–Crippen LogP) is 1.58. The van der Waals surface area contributed by atoms with Crippen LogP contribution in [0.4, 0.5) is 0 Å². The van der Waals surface area contributed by atoms with E-state index in [1.807, 2.05) is 18.5 Å². The van der Waals surface area contributed by atoms with Crippen LogP contribution in [0, 0.1) is 12.8 Å². The van der Waals surface area contributed by atoms with E-state index in [9.17, 15) is 0 Å². The Hall–Kier alpha value is -0.890. The molecule has 0 aromatic carbocycles. The van der Waals surface area contributed by atoms with Gasteiger partial charge in [0.25, 0.3) is 0 Å². The van der Waals surface area contributed by atoms with Gasteiger partial charge in [0.2, 0.25) is 0 Å². The van der Waals surface area contributed by atoms with Gasteiger partial charge < -0.3 is 5.73 Å². The summed E-state index contributed by atoms with van der Waals surface area (Å²) >= 11 is 0. The third-order valence-electron chi connectivity index (χ3n) is 2.88.